The summed E-state index contributed by atoms with van der Waals surface area (Å²) in [6.07, 6.45) is 7.16. The van der Waals surface area contributed by atoms with Gasteiger partial charge in [-0.15, -0.1) is 0 Å². The van der Waals surface area contributed by atoms with Crippen molar-refractivity contribution in [2.75, 3.05) is 23.8 Å². The molecule has 0 bridgehead atoms. The van der Waals surface area contributed by atoms with Crippen LogP contribution < -0.4 is 5.32 Å². The van der Waals surface area contributed by atoms with Crippen molar-refractivity contribution in [1.82, 2.24) is 0 Å². The van der Waals surface area contributed by atoms with Gasteiger partial charge in [-0.1, -0.05) is 43.7 Å². The molecule has 0 saturated carbocycles. The number of anilines is 1. The van der Waals surface area contributed by atoms with Crippen molar-refractivity contribution in [3.05, 3.63) is 65.0 Å². The van der Waals surface area contributed by atoms with E-state index in [2.05, 4.69) is 12.2 Å². The molecule has 1 aliphatic heterocycles. The average Bonchev–Trinajstić information content (AvgIpc) is 2.79. The number of halogens is 1. The van der Waals surface area contributed by atoms with Crippen LogP contribution in [0, 0.1) is 19.7 Å². The van der Waals surface area contributed by atoms with Gasteiger partial charge in [-0.3, -0.25) is 4.79 Å². The molecule has 0 aromatic heterocycles. The number of hydrogen-bond donors (Lipinski definition) is 1. The second kappa shape index (κ2) is 11.7. The first-order chi connectivity index (χ1) is 15.8. The normalized spacial score (nSPS) is 16.1. The van der Waals surface area contributed by atoms with Crippen LogP contribution in [0.4, 0.5) is 10.1 Å². The third kappa shape index (κ3) is 6.63. The highest BCUT2D eigenvalue weighted by atomic mass is 31.2. The van der Waals surface area contributed by atoms with Gasteiger partial charge >= 0.3 is 5.97 Å². The summed E-state index contributed by atoms with van der Waals surface area (Å²) < 4.78 is 19.4. The predicted molar refractivity (Wildman–Crippen MR) is 135 cm³/mol. The van der Waals surface area contributed by atoms with Gasteiger partial charge < -0.3 is 10.1 Å². The lowest BCUT2D eigenvalue weighted by molar-refractivity contribution is -0.141. The van der Waals surface area contributed by atoms with E-state index in [9.17, 15) is 14.0 Å². The highest BCUT2D eigenvalue weighted by molar-refractivity contribution is 7.78. The first-order valence-electron chi connectivity index (χ1n) is 12.0. The summed E-state index contributed by atoms with van der Waals surface area (Å²) in [6.45, 7) is 5.97. The van der Waals surface area contributed by atoms with Crippen LogP contribution >= 0.6 is 7.26 Å². The Morgan fingerprint density at radius 1 is 1.06 bits per heavy atom. The molecule has 0 aliphatic carbocycles. The van der Waals surface area contributed by atoms with E-state index in [1.807, 2.05) is 44.2 Å². The monoisotopic (exact) mass is 472 g/mol. The third-order valence-electron chi connectivity index (χ3n) is 6.67. The lowest BCUT2D eigenvalue weighted by Crippen LogP contribution is -2.37. The molecule has 1 heterocycles. The minimum Gasteiger partial charge on any atom is -0.458 e. The summed E-state index contributed by atoms with van der Waals surface area (Å²) in [4.78, 5) is 26.6. The van der Waals surface area contributed by atoms with E-state index >= 15 is 0 Å². The van der Waals surface area contributed by atoms with Crippen molar-refractivity contribution in [3.63, 3.8) is 0 Å². The fraction of sp³-hybridized carbons (Fsp3) is 0.481. The molecule has 0 radical (unpaired) electrons. The standard InChI is InChI=1S/C27H35FNO3P/c1-4-11-24(27(31)29-26-20(2)16-23(28)17-21(26)3)33(14-9-6-10-15-33)19-25(30)32-18-22-12-7-5-8-13-22/h5,7-8,12-13,16-17,24H,4,6,9-11,14-15,18-19H2,1-3H3/p+1. The van der Waals surface area contributed by atoms with Crippen LogP contribution in [0.1, 0.15) is 55.7 Å². The lowest BCUT2D eigenvalue weighted by Gasteiger charge is -2.36. The molecule has 1 aliphatic rings. The van der Waals surface area contributed by atoms with Crippen LogP contribution in [0.25, 0.3) is 0 Å². The Balaban J connectivity index is 1.79. The van der Waals surface area contributed by atoms with Crippen molar-refractivity contribution < 1.29 is 18.7 Å². The van der Waals surface area contributed by atoms with Gasteiger partial charge in [0.15, 0.2) is 6.16 Å². The molecular formula is C27H36FNO3P+. The Morgan fingerprint density at radius 3 is 2.30 bits per heavy atom. The number of carbonyl (C=O) groups is 2. The number of amides is 1. The number of ether oxygens (including phenoxy) is 1. The number of esters is 1. The topological polar surface area (TPSA) is 55.4 Å². The zero-order valence-corrected chi connectivity index (χ0v) is 20.9. The smallest absolute Gasteiger partial charge is 0.344 e. The van der Waals surface area contributed by atoms with Crippen molar-refractivity contribution in [2.24, 2.45) is 0 Å². The van der Waals surface area contributed by atoms with E-state index in [0.717, 1.165) is 61.1 Å². The van der Waals surface area contributed by atoms with Crippen LogP contribution in [-0.4, -0.2) is 36.0 Å². The molecule has 2 aromatic carbocycles. The molecule has 6 heteroatoms. The molecule has 1 unspecified atom stereocenters. The van der Waals surface area contributed by atoms with Crippen LogP contribution in [0.5, 0.6) is 0 Å². The van der Waals surface area contributed by atoms with Gasteiger partial charge in [0.1, 0.15) is 18.1 Å². The molecule has 1 fully saturated rings. The molecule has 1 amide bonds. The van der Waals surface area contributed by atoms with E-state index in [-0.39, 0.29) is 30.0 Å². The molecule has 1 N–H and O–H groups in total. The number of carbonyl (C=O) groups excluding carboxylic acids is 2. The number of nitrogens with one attached hydrogen (secondary N) is 1. The van der Waals surface area contributed by atoms with E-state index in [4.69, 9.17) is 4.74 Å². The molecule has 2 aromatic rings. The van der Waals surface area contributed by atoms with Crippen LogP contribution in [0.3, 0.4) is 0 Å². The maximum absolute atomic E-state index is 13.8. The summed E-state index contributed by atoms with van der Waals surface area (Å²) in [5.41, 5.74) is 2.90. The van der Waals surface area contributed by atoms with Gasteiger partial charge in [0, 0.05) is 12.9 Å². The van der Waals surface area contributed by atoms with Crippen LogP contribution in [0.2, 0.25) is 0 Å². The minimum absolute atomic E-state index is 0.0271. The number of aryl methyl sites for hydroxylation is 2. The average molecular weight is 473 g/mol. The van der Waals surface area contributed by atoms with Gasteiger partial charge in [-0.05, 0) is 68.4 Å². The highest BCUT2D eigenvalue weighted by Crippen LogP contribution is 2.67. The second-order valence-corrected chi connectivity index (χ2v) is 13.5. The highest BCUT2D eigenvalue weighted by Gasteiger charge is 2.51. The largest absolute Gasteiger partial charge is 0.458 e. The van der Waals surface area contributed by atoms with E-state index in [1.54, 1.807) is 0 Å². The fourth-order valence-corrected chi connectivity index (χ4v) is 10.1. The van der Waals surface area contributed by atoms with Crippen LogP contribution in [0.15, 0.2) is 42.5 Å². The summed E-state index contributed by atoms with van der Waals surface area (Å²) in [5, 5.41) is 3.11. The Hall–Kier alpha value is -2.26. The second-order valence-electron chi connectivity index (χ2n) is 9.24. The molecule has 0 spiro atoms. The SMILES string of the molecule is CCCC(C(=O)Nc1c(C)cc(F)cc1C)[P+]1(CC(=O)OCc2ccccc2)CCCCC1. The Kier molecular flexibility index (Phi) is 9.02. The molecule has 3 rings (SSSR count). The number of rotatable bonds is 9. The first-order valence-corrected chi connectivity index (χ1v) is 14.4. The summed E-state index contributed by atoms with van der Waals surface area (Å²) in [7, 11) is -1.89. The number of benzene rings is 2. The molecule has 178 valence electrons. The maximum Gasteiger partial charge on any atom is 0.344 e. The van der Waals surface area contributed by atoms with Gasteiger partial charge in [0.2, 0.25) is 0 Å². The Bertz CT molecular complexity index is 934. The van der Waals surface area contributed by atoms with Crippen LogP contribution in [-0.2, 0) is 20.9 Å². The van der Waals surface area contributed by atoms with Gasteiger partial charge in [-0.25, -0.2) is 9.18 Å². The summed E-state index contributed by atoms with van der Waals surface area (Å²) in [5.74, 6) is -0.525. The zero-order valence-electron chi connectivity index (χ0n) is 20.0. The summed E-state index contributed by atoms with van der Waals surface area (Å²) >= 11 is 0. The number of hydrogen-bond acceptors (Lipinski definition) is 3. The van der Waals surface area contributed by atoms with Gasteiger partial charge in [-0.2, -0.15) is 0 Å². The summed E-state index contributed by atoms with van der Waals surface area (Å²) in [6, 6.07) is 12.6. The molecule has 1 atom stereocenters. The third-order valence-corrected chi connectivity index (χ3v) is 11.8. The maximum atomic E-state index is 13.8. The minimum atomic E-state index is -1.89. The lowest BCUT2D eigenvalue weighted by atomic mass is 10.1. The predicted octanol–water partition coefficient (Wildman–Crippen LogP) is 6.49. The Labute approximate surface area is 197 Å². The molecular weight excluding hydrogens is 436 g/mol. The first kappa shape index (κ1) is 25.4. The molecule has 4 nitrogen and oxygen atoms in total. The van der Waals surface area contributed by atoms with Crippen molar-refractivity contribution in [3.8, 4) is 0 Å². The molecule has 33 heavy (non-hydrogen) atoms. The van der Waals surface area contributed by atoms with Gasteiger partial charge in [0.25, 0.3) is 5.91 Å². The van der Waals surface area contributed by atoms with Crippen molar-refractivity contribution in [2.45, 2.75) is 65.1 Å². The Morgan fingerprint density at radius 2 is 1.70 bits per heavy atom. The van der Waals surface area contributed by atoms with Crippen molar-refractivity contribution in [1.29, 1.82) is 0 Å². The van der Waals surface area contributed by atoms with E-state index < -0.39 is 7.26 Å². The fourth-order valence-electron chi connectivity index (χ4n) is 5.00. The quantitative estimate of drug-likeness (QED) is 0.335. The zero-order chi connectivity index (χ0) is 23.8. The van der Waals surface area contributed by atoms with Crippen molar-refractivity contribution >= 4 is 24.8 Å². The molecule has 1 saturated heterocycles. The van der Waals surface area contributed by atoms with E-state index in [1.165, 1.54) is 12.1 Å². The van der Waals surface area contributed by atoms with Gasteiger partial charge in [0.05, 0.1) is 12.3 Å². The van der Waals surface area contributed by atoms with E-state index in [0.29, 0.717) is 11.8 Å².